The Bertz CT molecular complexity index is 960. The van der Waals surface area contributed by atoms with Crippen LogP contribution in [-0.2, 0) is 11.3 Å². The quantitative estimate of drug-likeness (QED) is 0.791. The van der Waals surface area contributed by atoms with Gasteiger partial charge in [-0.15, -0.1) is 0 Å². The molecule has 1 amide bonds. The maximum atomic E-state index is 12.9. The summed E-state index contributed by atoms with van der Waals surface area (Å²) >= 11 is 0. The molecule has 2 saturated heterocycles. The topological polar surface area (TPSA) is 45.6 Å². The van der Waals surface area contributed by atoms with Crippen molar-refractivity contribution >= 4 is 5.91 Å². The van der Waals surface area contributed by atoms with E-state index in [1.807, 2.05) is 27.7 Å². The molecule has 2 fully saturated rings. The van der Waals surface area contributed by atoms with E-state index in [0.717, 1.165) is 56.7 Å². The first kappa shape index (κ1) is 18.6. The van der Waals surface area contributed by atoms with Crippen LogP contribution in [0.2, 0.25) is 0 Å². The summed E-state index contributed by atoms with van der Waals surface area (Å²) in [7, 11) is 0. The van der Waals surface area contributed by atoms with Gasteiger partial charge in [-0.3, -0.25) is 14.5 Å². The molecule has 0 N–H and O–H groups in total. The third-order valence-corrected chi connectivity index (χ3v) is 7.12. The fourth-order valence-corrected chi connectivity index (χ4v) is 5.64. The summed E-state index contributed by atoms with van der Waals surface area (Å²) in [5, 5.41) is 0. The van der Waals surface area contributed by atoms with E-state index in [2.05, 4.69) is 23.1 Å². The normalized spacial score (nSPS) is 24.9. The molecule has 5 heteroatoms. The van der Waals surface area contributed by atoms with E-state index in [1.165, 1.54) is 12.1 Å². The van der Waals surface area contributed by atoms with Gasteiger partial charge < -0.3 is 9.47 Å². The van der Waals surface area contributed by atoms with Crippen LogP contribution < -0.4 is 5.56 Å². The molecule has 29 heavy (non-hydrogen) atoms. The first-order chi connectivity index (χ1) is 14.1. The van der Waals surface area contributed by atoms with Crippen molar-refractivity contribution in [3.8, 4) is 11.1 Å². The van der Waals surface area contributed by atoms with Crippen molar-refractivity contribution in [2.24, 2.45) is 5.92 Å². The fourth-order valence-electron chi connectivity index (χ4n) is 5.64. The number of nitrogens with zero attached hydrogens (tertiary/aromatic N) is 3. The summed E-state index contributed by atoms with van der Waals surface area (Å²) < 4.78 is 2.03. The van der Waals surface area contributed by atoms with E-state index >= 15 is 0 Å². The number of benzene rings is 1. The molecular formula is C24H29N3O2. The Morgan fingerprint density at radius 1 is 0.966 bits per heavy atom. The molecular weight excluding hydrogens is 362 g/mol. The Morgan fingerprint density at radius 2 is 1.72 bits per heavy atom. The van der Waals surface area contributed by atoms with Crippen LogP contribution in [0.3, 0.4) is 0 Å². The lowest BCUT2D eigenvalue weighted by molar-refractivity contribution is -0.130. The Kier molecular flexibility index (Phi) is 4.78. The lowest BCUT2D eigenvalue weighted by Crippen LogP contribution is -2.53. The third-order valence-electron chi connectivity index (χ3n) is 7.12. The molecule has 3 aliphatic rings. The van der Waals surface area contributed by atoms with Crippen molar-refractivity contribution in [2.75, 3.05) is 26.2 Å². The fraction of sp³-hybridized carbons (Fsp3) is 0.500. The number of rotatable bonds is 2. The lowest BCUT2D eigenvalue weighted by Gasteiger charge is -2.47. The van der Waals surface area contributed by atoms with E-state index in [4.69, 9.17) is 0 Å². The van der Waals surface area contributed by atoms with Crippen LogP contribution in [0.1, 0.15) is 37.8 Å². The van der Waals surface area contributed by atoms with E-state index in [9.17, 15) is 9.59 Å². The average Bonchev–Trinajstić information content (AvgIpc) is 2.75. The molecule has 2 bridgehead atoms. The Morgan fingerprint density at radius 3 is 2.45 bits per heavy atom. The van der Waals surface area contributed by atoms with Gasteiger partial charge in [0.05, 0.1) is 0 Å². The number of carbonyl (C=O) groups excluding carboxylic acids is 1. The van der Waals surface area contributed by atoms with Crippen LogP contribution in [0.15, 0.2) is 47.3 Å². The summed E-state index contributed by atoms with van der Waals surface area (Å²) in [6.07, 6.45) is 3.31. The number of fused-ring (bicyclic) bond motifs is 4. The summed E-state index contributed by atoms with van der Waals surface area (Å²) in [4.78, 5) is 29.2. The number of hydrogen-bond donors (Lipinski definition) is 0. The predicted octanol–water partition coefficient (Wildman–Crippen LogP) is 2.95. The van der Waals surface area contributed by atoms with Crippen LogP contribution in [0.5, 0.6) is 0 Å². The first-order valence-electron chi connectivity index (χ1n) is 10.9. The van der Waals surface area contributed by atoms with Crippen LogP contribution in [0.25, 0.3) is 11.1 Å². The highest BCUT2D eigenvalue weighted by atomic mass is 16.2. The molecule has 2 aromatic rings. The second-order valence-corrected chi connectivity index (χ2v) is 8.97. The average molecular weight is 392 g/mol. The summed E-state index contributed by atoms with van der Waals surface area (Å²) in [5.74, 6) is 1.16. The van der Waals surface area contributed by atoms with Crippen LogP contribution in [0.4, 0.5) is 0 Å². The number of piperidine rings is 2. The lowest BCUT2D eigenvalue weighted by atomic mass is 9.81. The van der Waals surface area contributed by atoms with Crippen molar-refractivity contribution in [3.63, 3.8) is 0 Å². The molecule has 0 spiro atoms. The SMILES string of the molecule is CC(=O)N1CCC(N2C[C@@H]3C[C@H](C2)c2cc(-c4ccccc4)cc(=O)n2C3)CC1. The Labute approximate surface area is 171 Å². The smallest absolute Gasteiger partial charge is 0.251 e. The molecule has 1 aromatic carbocycles. The van der Waals surface area contributed by atoms with E-state index in [0.29, 0.717) is 17.9 Å². The van der Waals surface area contributed by atoms with Gasteiger partial charge >= 0.3 is 0 Å². The molecule has 0 saturated carbocycles. The Hall–Kier alpha value is -2.40. The highest BCUT2D eigenvalue weighted by molar-refractivity contribution is 5.73. The third kappa shape index (κ3) is 3.52. The highest BCUT2D eigenvalue weighted by Gasteiger charge is 2.38. The second kappa shape index (κ2) is 7.45. The monoisotopic (exact) mass is 391 g/mol. The minimum atomic E-state index is 0.138. The van der Waals surface area contributed by atoms with E-state index in [1.54, 1.807) is 13.0 Å². The van der Waals surface area contributed by atoms with Gasteiger partial charge in [0.15, 0.2) is 0 Å². The van der Waals surface area contributed by atoms with Crippen LogP contribution in [-0.4, -0.2) is 52.5 Å². The zero-order chi connectivity index (χ0) is 20.0. The van der Waals surface area contributed by atoms with Gasteiger partial charge in [0, 0.05) is 63.4 Å². The van der Waals surface area contributed by atoms with Crippen molar-refractivity contribution in [1.29, 1.82) is 0 Å². The summed E-state index contributed by atoms with van der Waals surface area (Å²) in [6.45, 7) is 6.36. The number of aromatic nitrogens is 1. The van der Waals surface area contributed by atoms with Gasteiger partial charge in [0.2, 0.25) is 5.91 Å². The molecule has 0 unspecified atom stereocenters. The molecule has 0 radical (unpaired) electrons. The molecule has 5 rings (SSSR count). The highest BCUT2D eigenvalue weighted by Crippen LogP contribution is 2.38. The predicted molar refractivity (Wildman–Crippen MR) is 114 cm³/mol. The maximum Gasteiger partial charge on any atom is 0.251 e. The van der Waals surface area contributed by atoms with Gasteiger partial charge in [-0.05, 0) is 42.4 Å². The van der Waals surface area contributed by atoms with Crippen molar-refractivity contribution in [2.45, 2.75) is 44.7 Å². The summed E-state index contributed by atoms with van der Waals surface area (Å²) in [5.41, 5.74) is 3.49. The molecule has 152 valence electrons. The number of pyridine rings is 1. The minimum absolute atomic E-state index is 0.138. The van der Waals surface area contributed by atoms with Crippen LogP contribution in [0, 0.1) is 5.92 Å². The van der Waals surface area contributed by atoms with E-state index in [-0.39, 0.29) is 11.5 Å². The van der Waals surface area contributed by atoms with Gasteiger partial charge in [0.1, 0.15) is 0 Å². The largest absolute Gasteiger partial charge is 0.343 e. The van der Waals surface area contributed by atoms with E-state index < -0.39 is 0 Å². The zero-order valence-corrected chi connectivity index (χ0v) is 17.1. The zero-order valence-electron chi connectivity index (χ0n) is 17.1. The van der Waals surface area contributed by atoms with Gasteiger partial charge in [0.25, 0.3) is 5.56 Å². The number of amides is 1. The molecule has 5 nitrogen and oxygen atoms in total. The first-order valence-corrected chi connectivity index (χ1v) is 10.9. The molecule has 2 atom stereocenters. The standard InChI is InChI=1S/C24H29N3O2/c1-17(28)25-9-7-22(8-10-25)26-14-18-11-21(16-26)23-12-20(13-24(29)27(23)15-18)19-5-3-2-4-6-19/h2-6,12-13,18,21-22H,7-11,14-16H2,1H3/t18-,21+/m0/s1. The van der Waals surface area contributed by atoms with Gasteiger partial charge in [-0.25, -0.2) is 0 Å². The second-order valence-electron chi connectivity index (χ2n) is 8.97. The van der Waals surface area contributed by atoms with Crippen molar-refractivity contribution in [3.05, 3.63) is 58.5 Å². The van der Waals surface area contributed by atoms with Gasteiger partial charge in [-0.2, -0.15) is 0 Å². The maximum absolute atomic E-state index is 12.9. The Balaban J connectivity index is 1.39. The molecule has 1 aromatic heterocycles. The number of hydrogen-bond acceptors (Lipinski definition) is 3. The summed E-state index contributed by atoms with van der Waals surface area (Å²) in [6, 6.07) is 14.8. The van der Waals surface area contributed by atoms with Crippen LogP contribution >= 0.6 is 0 Å². The van der Waals surface area contributed by atoms with Gasteiger partial charge in [-0.1, -0.05) is 30.3 Å². The number of carbonyl (C=O) groups is 1. The van der Waals surface area contributed by atoms with Crippen molar-refractivity contribution < 1.29 is 4.79 Å². The van der Waals surface area contributed by atoms with Crippen molar-refractivity contribution in [1.82, 2.24) is 14.4 Å². The molecule has 3 aliphatic heterocycles. The molecule has 0 aliphatic carbocycles. The number of likely N-dealkylation sites (tertiary alicyclic amines) is 2. The minimum Gasteiger partial charge on any atom is -0.343 e. The molecule has 4 heterocycles.